The Morgan fingerprint density at radius 3 is 2.64 bits per heavy atom. The van der Waals surface area contributed by atoms with E-state index in [4.69, 9.17) is 20.9 Å². The van der Waals surface area contributed by atoms with Gasteiger partial charge in [-0.3, -0.25) is 4.79 Å². The number of ether oxygens (including phenoxy) is 1. The molecular weight excluding hydrogens is 378 g/mol. The van der Waals surface area contributed by atoms with E-state index >= 15 is 0 Å². The van der Waals surface area contributed by atoms with Crippen LogP contribution in [-0.4, -0.2) is 33.6 Å². The zero-order valence-corrected chi connectivity index (χ0v) is 16.8. The summed E-state index contributed by atoms with van der Waals surface area (Å²) in [6.07, 6.45) is 0. The van der Waals surface area contributed by atoms with E-state index < -0.39 is 0 Å². The third kappa shape index (κ3) is 5.10. The normalized spacial score (nSPS) is 10.9. The maximum absolute atomic E-state index is 12.7. The van der Waals surface area contributed by atoms with E-state index in [9.17, 15) is 4.79 Å². The summed E-state index contributed by atoms with van der Waals surface area (Å²) >= 11 is 5.91. The Labute approximate surface area is 169 Å². The second-order valence-electron chi connectivity index (χ2n) is 6.74. The Hall–Kier alpha value is -2.86. The fourth-order valence-electron chi connectivity index (χ4n) is 2.67. The molecule has 0 aliphatic heterocycles. The molecule has 1 heterocycles. The lowest BCUT2D eigenvalue weighted by Gasteiger charge is -2.25. The third-order valence-electron chi connectivity index (χ3n) is 4.17. The van der Waals surface area contributed by atoms with Crippen LogP contribution in [0.3, 0.4) is 0 Å². The van der Waals surface area contributed by atoms with Gasteiger partial charge in [0, 0.05) is 16.6 Å². The van der Waals surface area contributed by atoms with Crippen molar-refractivity contribution in [2.24, 2.45) is 0 Å². The number of hydrogen-bond donors (Lipinski definition) is 0. The lowest BCUT2D eigenvalue weighted by atomic mass is 10.2. The molecule has 0 aliphatic rings. The third-order valence-corrected chi connectivity index (χ3v) is 4.42. The number of amides is 1. The number of carbonyl (C=O) groups is 1. The number of aryl methyl sites for hydroxylation is 1. The van der Waals surface area contributed by atoms with E-state index in [1.807, 2.05) is 57.2 Å². The first-order chi connectivity index (χ1) is 13.4. The van der Waals surface area contributed by atoms with Gasteiger partial charge in [0.2, 0.25) is 11.7 Å². The largest absolute Gasteiger partial charge is 0.484 e. The van der Waals surface area contributed by atoms with Crippen LogP contribution in [0.1, 0.15) is 25.3 Å². The molecule has 28 heavy (non-hydrogen) atoms. The Morgan fingerprint density at radius 1 is 1.21 bits per heavy atom. The molecule has 3 rings (SSSR count). The summed E-state index contributed by atoms with van der Waals surface area (Å²) in [7, 11) is 0. The van der Waals surface area contributed by atoms with Gasteiger partial charge in [-0.05, 0) is 62.7 Å². The van der Waals surface area contributed by atoms with Crippen molar-refractivity contribution in [1.29, 1.82) is 0 Å². The van der Waals surface area contributed by atoms with E-state index in [1.54, 1.807) is 17.0 Å². The van der Waals surface area contributed by atoms with Crippen LogP contribution in [0.25, 0.3) is 11.4 Å². The molecule has 0 saturated carbocycles. The Morgan fingerprint density at radius 2 is 1.96 bits per heavy atom. The molecule has 6 nitrogen and oxygen atoms in total. The lowest BCUT2D eigenvalue weighted by molar-refractivity contribution is -0.136. The lowest BCUT2D eigenvalue weighted by Crippen LogP contribution is -2.39. The number of aromatic nitrogens is 2. The van der Waals surface area contributed by atoms with Gasteiger partial charge in [0.25, 0.3) is 5.91 Å². The minimum absolute atomic E-state index is 0.0421. The van der Waals surface area contributed by atoms with Gasteiger partial charge in [0.05, 0.1) is 0 Å². The molecule has 0 spiro atoms. The van der Waals surface area contributed by atoms with Gasteiger partial charge in [-0.25, -0.2) is 0 Å². The fourth-order valence-corrected chi connectivity index (χ4v) is 2.80. The van der Waals surface area contributed by atoms with Gasteiger partial charge < -0.3 is 14.2 Å². The molecule has 2 aromatic carbocycles. The Kier molecular flexibility index (Phi) is 6.31. The zero-order chi connectivity index (χ0) is 20.1. The summed E-state index contributed by atoms with van der Waals surface area (Å²) in [4.78, 5) is 18.7. The highest BCUT2D eigenvalue weighted by molar-refractivity contribution is 6.30. The van der Waals surface area contributed by atoms with Gasteiger partial charge in [-0.1, -0.05) is 28.9 Å². The molecule has 1 amide bonds. The maximum atomic E-state index is 12.7. The standard InChI is InChI=1S/C21H22ClN3O3/c1-14(2)25(20(26)13-27-18-6-4-5-15(3)11-18)12-19-23-21(24-28-19)16-7-9-17(22)10-8-16/h4-11,14H,12-13H2,1-3H3. The summed E-state index contributed by atoms with van der Waals surface area (Å²) in [5.74, 6) is 1.34. The topological polar surface area (TPSA) is 68.5 Å². The van der Waals surface area contributed by atoms with Crippen molar-refractivity contribution in [3.63, 3.8) is 0 Å². The summed E-state index contributed by atoms with van der Waals surface area (Å²) in [6.45, 7) is 6.00. The second-order valence-corrected chi connectivity index (χ2v) is 7.18. The molecule has 0 aliphatic carbocycles. The molecule has 0 fully saturated rings. The van der Waals surface area contributed by atoms with Crippen LogP contribution in [0.2, 0.25) is 5.02 Å². The minimum Gasteiger partial charge on any atom is -0.484 e. The van der Waals surface area contributed by atoms with Gasteiger partial charge in [0.1, 0.15) is 12.3 Å². The first kappa shape index (κ1) is 19.9. The van der Waals surface area contributed by atoms with E-state index in [0.29, 0.717) is 22.5 Å². The number of carbonyl (C=O) groups excluding carboxylic acids is 1. The first-order valence-electron chi connectivity index (χ1n) is 9.00. The van der Waals surface area contributed by atoms with Gasteiger partial charge in [-0.2, -0.15) is 4.98 Å². The number of rotatable bonds is 7. The van der Waals surface area contributed by atoms with Crippen LogP contribution in [0, 0.1) is 6.92 Å². The number of halogens is 1. The molecule has 7 heteroatoms. The molecule has 146 valence electrons. The van der Waals surface area contributed by atoms with E-state index in [2.05, 4.69) is 10.1 Å². The van der Waals surface area contributed by atoms with Crippen LogP contribution in [-0.2, 0) is 11.3 Å². The molecule has 1 aromatic heterocycles. The van der Waals surface area contributed by atoms with E-state index in [1.165, 1.54) is 0 Å². The number of nitrogens with zero attached hydrogens (tertiary/aromatic N) is 3. The molecule has 0 saturated heterocycles. The van der Waals surface area contributed by atoms with Crippen LogP contribution >= 0.6 is 11.6 Å². The first-order valence-corrected chi connectivity index (χ1v) is 9.37. The number of hydrogen-bond acceptors (Lipinski definition) is 5. The maximum Gasteiger partial charge on any atom is 0.261 e. The second kappa shape index (κ2) is 8.89. The summed E-state index contributed by atoms with van der Waals surface area (Å²) in [5.41, 5.74) is 1.87. The fraction of sp³-hybridized carbons (Fsp3) is 0.286. The highest BCUT2D eigenvalue weighted by atomic mass is 35.5. The van der Waals surface area contributed by atoms with Gasteiger partial charge in [0.15, 0.2) is 6.61 Å². The van der Waals surface area contributed by atoms with Crippen molar-refractivity contribution in [3.8, 4) is 17.1 Å². The van der Waals surface area contributed by atoms with Gasteiger partial charge in [-0.15, -0.1) is 0 Å². The molecule has 3 aromatic rings. The van der Waals surface area contributed by atoms with Crippen LogP contribution in [0.4, 0.5) is 0 Å². The van der Waals surface area contributed by atoms with Crippen molar-refractivity contribution in [2.75, 3.05) is 6.61 Å². The average Bonchev–Trinajstić information content (AvgIpc) is 3.13. The molecule has 0 N–H and O–H groups in total. The van der Waals surface area contributed by atoms with Crippen LogP contribution in [0.15, 0.2) is 53.1 Å². The molecule has 0 atom stereocenters. The predicted molar refractivity (Wildman–Crippen MR) is 107 cm³/mol. The zero-order valence-electron chi connectivity index (χ0n) is 16.1. The summed E-state index contributed by atoms with van der Waals surface area (Å²) in [6, 6.07) is 14.7. The van der Waals surface area contributed by atoms with E-state index in [-0.39, 0.29) is 25.1 Å². The average molecular weight is 400 g/mol. The van der Waals surface area contributed by atoms with E-state index in [0.717, 1.165) is 11.1 Å². The smallest absolute Gasteiger partial charge is 0.261 e. The Balaban J connectivity index is 1.65. The van der Waals surface area contributed by atoms with Crippen molar-refractivity contribution in [2.45, 2.75) is 33.4 Å². The molecule has 0 unspecified atom stereocenters. The van der Waals surface area contributed by atoms with Gasteiger partial charge >= 0.3 is 0 Å². The summed E-state index contributed by atoms with van der Waals surface area (Å²) < 4.78 is 11.0. The monoisotopic (exact) mass is 399 g/mol. The highest BCUT2D eigenvalue weighted by Gasteiger charge is 2.21. The summed E-state index contributed by atoms with van der Waals surface area (Å²) in [5, 5.41) is 4.63. The van der Waals surface area contributed by atoms with Crippen LogP contribution < -0.4 is 4.74 Å². The minimum atomic E-state index is -0.150. The molecular formula is C21H22ClN3O3. The van der Waals surface area contributed by atoms with Crippen molar-refractivity contribution < 1.29 is 14.1 Å². The van der Waals surface area contributed by atoms with Crippen LogP contribution in [0.5, 0.6) is 5.75 Å². The molecule has 0 radical (unpaired) electrons. The van der Waals surface area contributed by atoms with Crippen molar-refractivity contribution in [3.05, 3.63) is 65.0 Å². The number of benzene rings is 2. The van der Waals surface area contributed by atoms with Crippen molar-refractivity contribution in [1.82, 2.24) is 15.0 Å². The SMILES string of the molecule is Cc1cccc(OCC(=O)N(Cc2nc(-c3ccc(Cl)cc3)no2)C(C)C)c1. The molecule has 0 bridgehead atoms. The predicted octanol–water partition coefficient (Wildman–Crippen LogP) is 4.51. The van der Waals surface area contributed by atoms with Crippen molar-refractivity contribution >= 4 is 17.5 Å². The Bertz CT molecular complexity index is 938. The quantitative estimate of drug-likeness (QED) is 0.584. The highest BCUT2D eigenvalue weighted by Crippen LogP contribution is 2.19.